The van der Waals surface area contributed by atoms with Crippen LogP contribution in [0.15, 0.2) is 0 Å². The lowest BCUT2D eigenvalue weighted by atomic mass is 10.1. The highest BCUT2D eigenvalue weighted by Gasteiger charge is 2.22. The summed E-state index contributed by atoms with van der Waals surface area (Å²) in [5.41, 5.74) is 4.90. The molecule has 1 saturated heterocycles. The predicted molar refractivity (Wildman–Crippen MR) is 43.6 cm³/mol. The number of primary amides is 1. The van der Waals surface area contributed by atoms with Gasteiger partial charge in [-0.1, -0.05) is 0 Å². The Morgan fingerprint density at radius 2 is 2.09 bits per heavy atom. The highest BCUT2D eigenvalue weighted by atomic mass is 32.2. The number of nitrogens with zero attached hydrogens (tertiary/aromatic N) is 1. The van der Waals surface area contributed by atoms with Crippen LogP contribution in [0, 0.1) is 0 Å². The SMILES string of the molecule is NC(=O)N(O)C1CCSCC1. The van der Waals surface area contributed by atoms with Gasteiger partial charge >= 0.3 is 6.03 Å². The van der Waals surface area contributed by atoms with Gasteiger partial charge in [-0.3, -0.25) is 5.21 Å². The van der Waals surface area contributed by atoms with Gasteiger partial charge in [0.15, 0.2) is 0 Å². The zero-order valence-electron chi connectivity index (χ0n) is 6.19. The van der Waals surface area contributed by atoms with Crippen molar-refractivity contribution in [3.63, 3.8) is 0 Å². The van der Waals surface area contributed by atoms with E-state index < -0.39 is 6.03 Å². The summed E-state index contributed by atoms with van der Waals surface area (Å²) in [4.78, 5) is 10.5. The van der Waals surface area contributed by atoms with Crippen LogP contribution in [0.1, 0.15) is 12.8 Å². The number of nitrogens with two attached hydrogens (primary N) is 1. The molecule has 1 heterocycles. The third-order valence-corrected chi connectivity index (χ3v) is 2.81. The van der Waals surface area contributed by atoms with Crippen LogP contribution in [-0.2, 0) is 0 Å². The molecule has 11 heavy (non-hydrogen) atoms. The monoisotopic (exact) mass is 176 g/mol. The topological polar surface area (TPSA) is 66.6 Å². The van der Waals surface area contributed by atoms with Crippen molar-refractivity contribution in [2.24, 2.45) is 5.73 Å². The van der Waals surface area contributed by atoms with Gasteiger partial charge in [0, 0.05) is 0 Å². The fourth-order valence-electron chi connectivity index (χ4n) is 1.11. The Bertz CT molecular complexity index is 148. The first-order chi connectivity index (χ1) is 5.22. The minimum absolute atomic E-state index is 0.0613. The Balaban J connectivity index is 2.38. The third kappa shape index (κ3) is 2.27. The Morgan fingerprint density at radius 1 is 1.55 bits per heavy atom. The molecule has 64 valence electrons. The zero-order valence-corrected chi connectivity index (χ0v) is 7.01. The highest BCUT2D eigenvalue weighted by Crippen LogP contribution is 2.20. The summed E-state index contributed by atoms with van der Waals surface area (Å²) in [6.07, 6.45) is 1.67. The normalized spacial score (nSPS) is 19.7. The van der Waals surface area contributed by atoms with Crippen molar-refractivity contribution in [3.8, 4) is 0 Å². The highest BCUT2D eigenvalue weighted by molar-refractivity contribution is 7.99. The first kappa shape index (κ1) is 8.67. The second kappa shape index (κ2) is 3.82. The van der Waals surface area contributed by atoms with Crippen molar-refractivity contribution >= 4 is 17.8 Å². The fourth-order valence-corrected chi connectivity index (χ4v) is 2.19. The third-order valence-electron chi connectivity index (χ3n) is 1.76. The molecule has 0 saturated carbocycles. The number of rotatable bonds is 1. The number of hydroxylamine groups is 2. The maximum Gasteiger partial charge on any atom is 0.338 e. The van der Waals surface area contributed by atoms with Gasteiger partial charge in [0.25, 0.3) is 0 Å². The molecule has 0 spiro atoms. The lowest BCUT2D eigenvalue weighted by molar-refractivity contribution is -0.0767. The van der Waals surface area contributed by atoms with E-state index in [2.05, 4.69) is 0 Å². The summed E-state index contributed by atoms with van der Waals surface area (Å²) in [6, 6.07) is -0.810. The zero-order chi connectivity index (χ0) is 8.27. The lowest BCUT2D eigenvalue weighted by Crippen LogP contribution is -2.42. The molecule has 0 bridgehead atoms. The van der Waals surface area contributed by atoms with E-state index in [1.807, 2.05) is 11.8 Å². The van der Waals surface area contributed by atoms with Crippen molar-refractivity contribution < 1.29 is 10.0 Å². The molecular formula is C6H12N2O2S. The van der Waals surface area contributed by atoms with Crippen LogP contribution in [-0.4, -0.2) is 33.8 Å². The van der Waals surface area contributed by atoms with Crippen molar-refractivity contribution in [1.29, 1.82) is 0 Å². The van der Waals surface area contributed by atoms with Crippen molar-refractivity contribution in [3.05, 3.63) is 0 Å². The van der Waals surface area contributed by atoms with Gasteiger partial charge in [0.05, 0.1) is 6.04 Å². The summed E-state index contributed by atoms with van der Waals surface area (Å²) in [5, 5.41) is 9.75. The van der Waals surface area contributed by atoms with Gasteiger partial charge in [-0.2, -0.15) is 11.8 Å². The molecule has 1 rings (SSSR count). The fraction of sp³-hybridized carbons (Fsp3) is 0.833. The number of thioether (sulfide) groups is 1. The van der Waals surface area contributed by atoms with E-state index in [4.69, 9.17) is 10.9 Å². The van der Waals surface area contributed by atoms with Crippen LogP contribution in [0.4, 0.5) is 4.79 Å². The Kier molecular flexibility index (Phi) is 3.02. The minimum Gasteiger partial charge on any atom is -0.350 e. The van der Waals surface area contributed by atoms with Crippen LogP contribution >= 0.6 is 11.8 Å². The van der Waals surface area contributed by atoms with E-state index in [1.54, 1.807) is 0 Å². The lowest BCUT2D eigenvalue weighted by Gasteiger charge is -2.27. The maximum atomic E-state index is 10.5. The largest absolute Gasteiger partial charge is 0.350 e. The van der Waals surface area contributed by atoms with Crippen molar-refractivity contribution in [2.75, 3.05) is 11.5 Å². The molecule has 0 aromatic carbocycles. The van der Waals surface area contributed by atoms with Gasteiger partial charge in [0.1, 0.15) is 0 Å². The summed E-state index contributed by atoms with van der Waals surface area (Å²) in [7, 11) is 0. The average molecular weight is 176 g/mol. The second-order valence-corrected chi connectivity index (χ2v) is 3.75. The molecule has 5 heteroatoms. The van der Waals surface area contributed by atoms with Gasteiger partial charge in [-0.15, -0.1) is 0 Å². The Labute approximate surface area is 69.7 Å². The molecule has 1 aliphatic heterocycles. The number of carbonyl (C=O) groups is 1. The number of urea groups is 1. The molecule has 0 aromatic rings. The van der Waals surface area contributed by atoms with Crippen LogP contribution < -0.4 is 5.73 Å². The number of amides is 2. The number of hydrogen-bond acceptors (Lipinski definition) is 3. The molecule has 3 N–H and O–H groups in total. The number of carbonyl (C=O) groups excluding carboxylic acids is 1. The van der Waals surface area contributed by atoms with Crippen LogP contribution in [0.3, 0.4) is 0 Å². The van der Waals surface area contributed by atoms with Crippen LogP contribution in [0.2, 0.25) is 0 Å². The van der Waals surface area contributed by atoms with E-state index >= 15 is 0 Å². The van der Waals surface area contributed by atoms with E-state index in [9.17, 15) is 4.79 Å². The standard InChI is InChI=1S/C6H12N2O2S/c7-6(9)8(10)5-1-3-11-4-2-5/h5,10H,1-4H2,(H2,7,9). The smallest absolute Gasteiger partial charge is 0.338 e. The molecule has 0 radical (unpaired) electrons. The molecule has 0 aromatic heterocycles. The van der Waals surface area contributed by atoms with E-state index in [1.165, 1.54) is 0 Å². The van der Waals surface area contributed by atoms with E-state index in [0.717, 1.165) is 24.3 Å². The first-order valence-electron chi connectivity index (χ1n) is 3.57. The van der Waals surface area contributed by atoms with Gasteiger partial charge < -0.3 is 5.73 Å². The number of hydrogen-bond donors (Lipinski definition) is 2. The van der Waals surface area contributed by atoms with Crippen molar-refractivity contribution in [2.45, 2.75) is 18.9 Å². The van der Waals surface area contributed by atoms with Gasteiger partial charge in [-0.05, 0) is 24.3 Å². The molecule has 1 aliphatic rings. The van der Waals surface area contributed by atoms with Gasteiger partial charge in [-0.25, -0.2) is 9.86 Å². The summed E-state index contributed by atoms with van der Waals surface area (Å²) >= 11 is 1.84. The summed E-state index contributed by atoms with van der Waals surface area (Å²) in [6.45, 7) is 0. The Morgan fingerprint density at radius 3 is 2.55 bits per heavy atom. The van der Waals surface area contributed by atoms with Crippen molar-refractivity contribution in [1.82, 2.24) is 5.06 Å². The average Bonchev–Trinajstić information content (AvgIpc) is 2.05. The quantitative estimate of drug-likeness (QED) is 0.455. The van der Waals surface area contributed by atoms with Crippen LogP contribution in [0.25, 0.3) is 0 Å². The minimum atomic E-state index is -0.748. The Hall–Kier alpha value is -0.420. The molecule has 0 unspecified atom stereocenters. The molecule has 1 fully saturated rings. The molecule has 2 amide bonds. The molecular weight excluding hydrogens is 164 g/mol. The van der Waals surface area contributed by atoms with E-state index in [-0.39, 0.29) is 6.04 Å². The predicted octanol–water partition coefficient (Wildman–Crippen LogP) is 0.652. The van der Waals surface area contributed by atoms with E-state index in [0.29, 0.717) is 5.06 Å². The summed E-state index contributed by atoms with van der Waals surface area (Å²) < 4.78 is 0. The molecule has 0 aliphatic carbocycles. The molecule has 4 nitrogen and oxygen atoms in total. The van der Waals surface area contributed by atoms with Crippen LogP contribution in [0.5, 0.6) is 0 Å². The molecule has 0 atom stereocenters. The maximum absolute atomic E-state index is 10.5. The van der Waals surface area contributed by atoms with Gasteiger partial charge in [0.2, 0.25) is 0 Å². The second-order valence-electron chi connectivity index (χ2n) is 2.53. The first-order valence-corrected chi connectivity index (χ1v) is 4.72. The summed E-state index contributed by atoms with van der Waals surface area (Å²) in [5.74, 6) is 1.99.